The number of fused-ring (bicyclic) bond motifs is 1. The SMILES string of the molecule is CON(C)c1ncnc2scc(-c3ccc(-c4ccccc4)cc3)c12. The van der Waals surface area contributed by atoms with Crippen LogP contribution in [-0.2, 0) is 4.84 Å². The molecule has 0 unspecified atom stereocenters. The van der Waals surface area contributed by atoms with Crippen LogP contribution in [0.1, 0.15) is 0 Å². The Labute approximate surface area is 150 Å². The average Bonchev–Trinajstić information content (AvgIpc) is 3.12. The fraction of sp³-hybridized carbons (Fsp3) is 0.100. The highest BCUT2D eigenvalue weighted by atomic mass is 32.1. The summed E-state index contributed by atoms with van der Waals surface area (Å²) in [4.78, 5) is 15.1. The summed E-state index contributed by atoms with van der Waals surface area (Å²) in [6, 6.07) is 19.0. The molecule has 2 aromatic carbocycles. The highest BCUT2D eigenvalue weighted by molar-refractivity contribution is 7.17. The van der Waals surface area contributed by atoms with Crippen molar-refractivity contribution in [1.82, 2.24) is 9.97 Å². The summed E-state index contributed by atoms with van der Waals surface area (Å²) in [6.07, 6.45) is 1.58. The first-order chi connectivity index (χ1) is 12.3. The molecule has 0 bridgehead atoms. The van der Waals surface area contributed by atoms with Crippen molar-refractivity contribution in [2.45, 2.75) is 0 Å². The van der Waals surface area contributed by atoms with Gasteiger partial charge in [0.25, 0.3) is 0 Å². The lowest BCUT2D eigenvalue weighted by Gasteiger charge is -2.16. The zero-order valence-corrected chi connectivity index (χ0v) is 14.8. The van der Waals surface area contributed by atoms with Crippen LogP contribution in [-0.4, -0.2) is 24.1 Å². The highest BCUT2D eigenvalue weighted by Gasteiger charge is 2.15. The molecule has 0 aliphatic heterocycles. The van der Waals surface area contributed by atoms with Gasteiger partial charge in [-0.25, -0.2) is 15.0 Å². The predicted octanol–water partition coefficient (Wildman–Crippen LogP) is 5.02. The van der Waals surface area contributed by atoms with Crippen LogP contribution in [0.3, 0.4) is 0 Å². The van der Waals surface area contributed by atoms with Crippen molar-refractivity contribution in [2.75, 3.05) is 19.2 Å². The fourth-order valence-electron chi connectivity index (χ4n) is 2.87. The molecule has 4 nitrogen and oxygen atoms in total. The first-order valence-electron chi connectivity index (χ1n) is 7.94. The van der Waals surface area contributed by atoms with E-state index in [1.807, 2.05) is 13.1 Å². The minimum absolute atomic E-state index is 0.774. The van der Waals surface area contributed by atoms with Crippen LogP contribution in [0, 0.1) is 0 Å². The molecule has 0 saturated carbocycles. The molecule has 2 aromatic heterocycles. The second-order valence-electron chi connectivity index (χ2n) is 5.65. The fourth-order valence-corrected chi connectivity index (χ4v) is 3.78. The highest BCUT2D eigenvalue weighted by Crippen LogP contribution is 2.38. The van der Waals surface area contributed by atoms with E-state index in [1.54, 1.807) is 29.8 Å². The van der Waals surface area contributed by atoms with E-state index in [0.717, 1.165) is 27.2 Å². The van der Waals surface area contributed by atoms with Gasteiger partial charge in [-0.05, 0) is 16.7 Å². The molecule has 0 atom stereocenters. The van der Waals surface area contributed by atoms with Crippen molar-refractivity contribution < 1.29 is 4.84 Å². The molecular weight excluding hydrogens is 330 g/mol. The third-order valence-corrected chi connectivity index (χ3v) is 5.11. The van der Waals surface area contributed by atoms with Gasteiger partial charge in [0, 0.05) is 18.0 Å². The molecule has 0 amide bonds. The van der Waals surface area contributed by atoms with Crippen molar-refractivity contribution in [1.29, 1.82) is 0 Å². The smallest absolute Gasteiger partial charge is 0.164 e. The van der Waals surface area contributed by atoms with Crippen LogP contribution in [0.4, 0.5) is 5.82 Å². The van der Waals surface area contributed by atoms with E-state index >= 15 is 0 Å². The number of hydroxylamine groups is 1. The molecular formula is C20H17N3OS. The van der Waals surface area contributed by atoms with Gasteiger partial charge in [0.1, 0.15) is 11.2 Å². The molecule has 5 heteroatoms. The van der Waals surface area contributed by atoms with E-state index in [9.17, 15) is 0 Å². The average molecular weight is 347 g/mol. The number of anilines is 1. The summed E-state index contributed by atoms with van der Waals surface area (Å²) in [7, 11) is 3.48. The van der Waals surface area contributed by atoms with E-state index in [4.69, 9.17) is 4.84 Å². The summed E-state index contributed by atoms with van der Waals surface area (Å²) in [5, 5.41) is 4.81. The minimum atomic E-state index is 0.774. The maximum absolute atomic E-state index is 5.33. The standard InChI is InChI=1S/C20H17N3OS/c1-23(24-2)19-18-17(12-25-20(18)22-13-21-19)16-10-8-15(9-11-16)14-6-4-3-5-7-14/h3-13H,1-2H3. The molecule has 4 rings (SSSR count). The molecule has 0 saturated heterocycles. The third-order valence-electron chi connectivity index (χ3n) is 4.23. The van der Waals surface area contributed by atoms with Crippen LogP contribution in [0.15, 0.2) is 66.3 Å². The Morgan fingerprint density at radius 1 is 0.880 bits per heavy atom. The van der Waals surface area contributed by atoms with Gasteiger partial charge >= 0.3 is 0 Å². The lowest BCUT2D eigenvalue weighted by atomic mass is 10.0. The number of hydrogen-bond acceptors (Lipinski definition) is 5. The van der Waals surface area contributed by atoms with Gasteiger partial charge in [0.2, 0.25) is 0 Å². The Bertz CT molecular complexity index is 997. The van der Waals surface area contributed by atoms with E-state index in [-0.39, 0.29) is 0 Å². The number of rotatable bonds is 4. The zero-order valence-electron chi connectivity index (χ0n) is 14.0. The van der Waals surface area contributed by atoms with E-state index < -0.39 is 0 Å². The van der Waals surface area contributed by atoms with Gasteiger partial charge in [-0.1, -0.05) is 54.6 Å². The first kappa shape index (κ1) is 15.7. The van der Waals surface area contributed by atoms with Crippen LogP contribution < -0.4 is 5.06 Å². The van der Waals surface area contributed by atoms with Crippen molar-refractivity contribution in [3.05, 3.63) is 66.3 Å². The Morgan fingerprint density at radius 3 is 2.28 bits per heavy atom. The summed E-state index contributed by atoms with van der Waals surface area (Å²) in [5.74, 6) is 0.774. The van der Waals surface area contributed by atoms with Gasteiger partial charge in [-0.15, -0.1) is 11.3 Å². The molecule has 0 fully saturated rings. The van der Waals surface area contributed by atoms with Gasteiger partial charge in [-0.2, -0.15) is 0 Å². The Hall–Kier alpha value is -2.76. The molecule has 0 N–H and O–H groups in total. The summed E-state index contributed by atoms with van der Waals surface area (Å²) in [6.45, 7) is 0. The first-order valence-corrected chi connectivity index (χ1v) is 8.82. The largest absolute Gasteiger partial charge is 0.276 e. The topological polar surface area (TPSA) is 38.2 Å². The molecule has 2 heterocycles. The Morgan fingerprint density at radius 2 is 1.56 bits per heavy atom. The number of aromatic nitrogens is 2. The van der Waals surface area contributed by atoms with Crippen LogP contribution >= 0.6 is 11.3 Å². The Balaban J connectivity index is 1.80. The summed E-state index contributed by atoms with van der Waals surface area (Å²) < 4.78 is 0. The zero-order chi connectivity index (χ0) is 17.2. The normalized spacial score (nSPS) is 11.0. The van der Waals surface area contributed by atoms with Crippen molar-refractivity contribution in [3.8, 4) is 22.3 Å². The quantitative estimate of drug-likeness (QED) is 0.486. The van der Waals surface area contributed by atoms with Gasteiger partial charge in [0.15, 0.2) is 5.82 Å². The van der Waals surface area contributed by atoms with Crippen molar-refractivity contribution >= 4 is 27.4 Å². The maximum atomic E-state index is 5.33. The second kappa shape index (κ2) is 6.63. The van der Waals surface area contributed by atoms with Crippen molar-refractivity contribution in [3.63, 3.8) is 0 Å². The van der Waals surface area contributed by atoms with Crippen LogP contribution in [0.5, 0.6) is 0 Å². The van der Waals surface area contributed by atoms with Crippen LogP contribution in [0.25, 0.3) is 32.5 Å². The summed E-state index contributed by atoms with van der Waals surface area (Å²) in [5.41, 5.74) is 4.69. The molecule has 0 aliphatic carbocycles. The maximum Gasteiger partial charge on any atom is 0.164 e. The monoisotopic (exact) mass is 347 g/mol. The molecule has 25 heavy (non-hydrogen) atoms. The number of nitrogens with zero attached hydrogens (tertiary/aromatic N) is 3. The minimum Gasteiger partial charge on any atom is -0.276 e. The number of hydrogen-bond donors (Lipinski definition) is 0. The van der Waals surface area contributed by atoms with Gasteiger partial charge in [-0.3, -0.25) is 4.84 Å². The number of thiophene rings is 1. The number of benzene rings is 2. The van der Waals surface area contributed by atoms with Gasteiger partial charge < -0.3 is 0 Å². The van der Waals surface area contributed by atoms with E-state index in [1.165, 1.54) is 11.1 Å². The Kier molecular flexibility index (Phi) is 4.17. The van der Waals surface area contributed by atoms with Crippen LogP contribution in [0.2, 0.25) is 0 Å². The third kappa shape index (κ3) is 2.88. The van der Waals surface area contributed by atoms with Gasteiger partial charge in [0.05, 0.1) is 12.5 Å². The lowest BCUT2D eigenvalue weighted by Crippen LogP contribution is -2.16. The van der Waals surface area contributed by atoms with Crippen molar-refractivity contribution in [2.24, 2.45) is 0 Å². The molecule has 0 spiro atoms. The second-order valence-corrected chi connectivity index (χ2v) is 6.51. The van der Waals surface area contributed by atoms with E-state index in [2.05, 4.69) is 63.9 Å². The molecule has 0 aliphatic rings. The summed E-state index contributed by atoms with van der Waals surface area (Å²) >= 11 is 1.62. The molecule has 4 aromatic rings. The lowest BCUT2D eigenvalue weighted by molar-refractivity contribution is 0.183. The molecule has 0 radical (unpaired) electrons. The van der Waals surface area contributed by atoms with E-state index in [0.29, 0.717) is 0 Å². The molecule has 124 valence electrons. The predicted molar refractivity (Wildman–Crippen MR) is 104 cm³/mol.